The number of carbonyl (C=O) groups is 1. The second-order valence-electron chi connectivity index (χ2n) is 3.26. The zero-order valence-corrected chi connectivity index (χ0v) is 9.87. The molecule has 6 nitrogen and oxygen atoms in total. The zero-order chi connectivity index (χ0) is 13.8. The van der Waals surface area contributed by atoms with E-state index >= 15 is 0 Å². The smallest absolute Gasteiger partial charge is 0.335 e. The van der Waals surface area contributed by atoms with Gasteiger partial charge in [0.2, 0.25) is 10.0 Å². The van der Waals surface area contributed by atoms with Crippen LogP contribution in [0, 0.1) is 17.1 Å². The molecule has 0 aliphatic rings. The average molecular weight is 272 g/mol. The summed E-state index contributed by atoms with van der Waals surface area (Å²) in [6.07, 6.45) is -0.0476. The minimum absolute atomic E-state index is 0.0476. The monoisotopic (exact) mass is 272 g/mol. The molecular weight excluding hydrogens is 263 g/mol. The number of sulfonamides is 1. The summed E-state index contributed by atoms with van der Waals surface area (Å²) in [4.78, 5) is 9.91. The second-order valence-corrected chi connectivity index (χ2v) is 4.99. The van der Waals surface area contributed by atoms with Crippen molar-refractivity contribution in [2.24, 2.45) is 0 Å². The molecule has 0 amide bonds. The predicted octanol–water partition coefficient (Wildman–Crippen LogP) is 0.716. The maximum atomic E-state index is 13.5. The maximum absolute atomic E-state index is 13.5. The Hall–Kier alpha value is -1.98. The highest BCUT2D eigenvalue weighted by atomic mass is 32.2. The molecule has 8 heteroatoms. The molecule has 0 unspecified atom stereocenters. The molecule has 0 radical (unpaired) electrons. The Morgan fingerprint density at radius 3 is 2.67 bits per heavy atom. The molecule has 1 aromatic carbocycles. The van der Waals surface area contributed by atoms with E-state index in [2.05, 4.69) is 0 Å². The standard InChI is InChI=1S/C10H9FN2O4S/c11-8-6-7(10(14)15)2-3-9(8)18(16,17)13-5-1-4-12/h2-3,6,13H,1,5H2,(H,14,15). The van der Waals surface area contributed by atoms with Crippen LogP contribution in [0.25, 0.3) is 0 Å². The fraction of sp³-hybridized carbons (Fsp3) is 0.200. The van der Waals surface area contributed by atoms with E-state index in [1.165, 1.54) is 0 Å². The molecule has 0 aromatic heterocycles. The fourth-order valence-electron chi connectivity index (χ4n) is 1.17. The minimum atomic E-state index is -4.07. The molecule has 0 aliphatic heterocycles. The van der Waals surface area contributed by atoms with Gasteiger partial charge in [-0.05, 0) is 18.2 Å². The first-order valence-corrected chi connectivity index (χ1v) is 6.26. The number of rotatable bonds is 5. The lowest BCUT2D eigenvalue weighted by Gasteiger charge is -2.06. The Morgan fingerprint density at radius 2 is 2.17 bits per heavy atom. The van der Waals surface area contributed by atoms with Crippen molar-refractivity contribution in [2.45, 2.75) is 11.3 Å². The van der Waals surface area contributed by atoms with Crippen LogP contribution in [0.1, 0.15) is 16.8 Å². The van der Waals surface area contributed by atoms with Gasteiger partial charge in [-0.15, -0.1) is 0 Å². The normalized spacial score (nSPS) is 10.9. The topological polar surface area (TPSA) is 107 Å². The van der Waals surface area contributed by atoms with Gasteiger partial charge >= 0.3 is 5.97 Å². The Morgan fingerprint density at radius 1 is 1.50 bits per heavy atom. The summed E-state index contributed by atoms with van der Waals surface area (Å²) in [6.45, 7) is -0.140. The number of aromatic carboxylic acids is 1. The lowest BCUT2D eigenvalue weighted by molar-refractivity contribution is 0.0696. The number of benzene rings is 1. The summed E-state index contributed by atoms with van der Waals surface area (Å²) in [5.41, 5.74) is -0.344. The zero-order valence-electron chi connectivity index (χ0n) is 9.05. The van der Waals surface area contributed by atoms with Crippen molar-refractivity contribution in [1.29, 1.82) is 5.26 Å². The fourth-order valence-corrected chi connectivity index (χ4v) is 2.26. The van der Waals surface area contributed by atoms with Crippen LogP contribution in [0.3, 0.4) is 0 Å². The van der Waals surface area contributed by atoms with E-state index in [4.69, 9.17) is 10.4 Å². The summed E-state index contributed by atoms with van der Waals surface area (Å²) in [6, 6.07) is 4.22. The SMILES string of the molecule is N#CCCNS(=O)(=O)c1ccc(C(=O)O)cc1F. The van der Waals surface area contributed by atoms with Gasteiger partial charge in [-0.3, -0.25) is 0 Å². The molecule has 1 aromatic rings. The lowest BCUT2D eigenvalue weighted by Crippen LogP contribution is -2.25. The summed E-state index contributed by atoms with van der Waals surface area (Å²) >= 11 is 0. The van der Waals surface area contributed by atoms with Gasteiger partial charge in [0, 0.05) is 13.0 Å². The lowest BCUT2D eigenvalue weighted by atomic mass is 10.2. The van der Waals surface area contributed by atoms with Crippen LogP contribution in [-0.2, 0) is 10.0 Å². The van der Waals surface area contributed by atoms with Crippen molar-refractivity contribution < 1.29 is 22.7 Å². The van der Waals surface area contributed by atoms with Crippen LogP contribution in [0.15, 0.2) is 23.1 Å². The van der Waals surface area contributed by atoms with E-state index in [1.807, 2.05) is 4.72 Å². The molecule has 0 bridgehead atoms. The van der Waals surface area contributed by atoms with Gasteiger partial charge in [-0.1, -0.05) is 0 Å². The molecule has 0 saturated heterocycles. The van der Waals surface area contributed by atoms with Crippen molar-refractivity contribution in [3.8, 4) is 6.07 Å². The number of hydrogen-bond donors (Lipinski definition) is 2. The van der Waals surface area contributed by atoms with Crippen LogP contribution in [0.5, 0.6) is 0 Å². The molecule has 18 heavy (non-hydrogen) atoms. The number of carboxylic acids is 1. The van der Waals surface area contributed by atoms with E-state index in [-0.39, 0.29) is 18.5 Å². The van der Waals surface area contributed by atoms with Crippen molar-refractivity contribution in [2.75, 3.05) is 6.54 Å². The number of halogens is 1. The van der Waals surface area contributed by atoms with Gasteiger partial charge in [0.25, 0.3) is 0 Å². The molecule has 2 N–H and O–H groups in total. The molecule has 0 atom stereocenters. The Kier molecular flexibility index (Phi) is 4.36. The van der Waals surface area contributed by atoms with Crippen molar-refractivity contribution in [3.05, 3.63) is 29.6 Å². The quantitative estimate of drug-likeness (QED) is 0.768. The Balaban J connectivity index is 3.03. The third kappa shape index (κ3) is 3.26. The van der Waals surface area contributed by atoms with Gasteiger partial charge in [0.15, 0.2) is 0 Å². The van der Waals surface area contributed by atoms with Crippen LogP contribution in [0.2, 0.25) is 0 Å². The molecular formula is C10H9FN2O4S. The molecule has 0 aliphatic carbocycles. The molecule has 0 fully saturated rings. The number of nitrogens with one attached hydrogen (secondary N) is 1. The number of nitriles is 1. The van der Waals surface area contributed by atoms with Crippen molar-refractivity contribution in [3.63, 3.8) is 0 Å². The maximum Gasteiger partial charge on any atom is 0.335 e. The van der Waals surface area contributed by atoms with E-state index < -0.39 is 26.7 Å². The predicted molar refractivity (Wildman–Crippen MR) is 58.8 cm³/mol. The Labute approximate surface area is 103 Å². The van der Waals surface area contributed by atoms with Crippen molar-refractivity contribution in [1.82, 2.24) is 4.72 Å². The van der Waals surface area contributed by atoms with Crippen LogP contribution in [0.4, 0.5) is 4.39 Å². The molecule has 0 heterocycles. The van der Waals surface area contributed by atoms with Crippen LogP contribution in [-0.4, -0.2) is 26.0 Å². The minimum Gasteiger partial charge on any atom is -0.478 e. The third-order valence-electron chi connectivity index (χ3n) is 2.00. The van der Waals surface area contributed by atoms with E-state index in [1.54, 1.807) is 6.07 Å². The average Bonchev–Trinajstić information content (AvgIpc) is 2.28. The Bertz CT molecular complexity index is 607. The first-order chi connectivity index (χ1) is 8.38. The van der Waals surface area contributed by atoms with Crippen LogP contribution < -0.4 is 4.72 Å². The second kappa shape index (κ2) is 5.57. The molecule has 1 rings (SSSR count). The van der Waals surface area contributed by atoms with E-state index in [0.717, 1.165) is 12.1 Å². The summed E-state index contributed by atoms with van der Waals surface area (Å²) in [5, 5.41) is 16.9. The molecule has 0 saturated carbocycles. The highest BCUT2D eigenvalue weighted by Crippen LogP contribution is 2.16. The first-order valence-electron chi connectivity index (χ1n) is 4.78. The van der Waals surface area contributed by atoms with Gasteiger partial charge in [-0.2, -0.15) is 5.26 Å². The number of nitrogens with zero attached hydrogens (tertiary/aromatic N) is 1. The van der Waals surface area contributed by atoms with Gasteiger partial charge in [0.05, 0.1) is 11.6 Å². The number of hydrogen-bond acceptors (Lipinski definition) is 4. The van der Waals surface area contributed by atoms with Crippen LogP contribution >= 0.6 is 0 Å². The van der Waals surface area contributed by atoms with Crippen molar-refractivity contribution >= 4 is 16.0 Å². The number of carboxylic acid groups (broad SMARTS) is 1. The summed E-state index contributed by atoms with van der Waals surface area (Å²) < 4.78 is 38.7. The summed E-state index contributed by atoms with van der Waals surface area (Å²) in [7, 11) is -4.07. The highest BCUT2D eigenvalue weighted by Gasteiger charge is 2.19. The van der Waals surface area contributed by atoms with E-state index in [0.29, 0.717) is 6.07 Å². The van der Waals surface area contributed by atoms with E-state index in [9.17, 15) is 17.6 Å². The van der Waals surface area contributed by atoms with Gasteiger partial charge < -0.3 is 5.11 Å². The first kappa shape index (κ1) is 14.1. The molecule has 0 spiro atoms. The summed E-state index contributed by atoms with van der Waals surface area (Å²) in [5.74, 6) is -2.50. The largest absolute Gasteiger partial charge is 0.478 e. The highest BCUT2D eigenvalue weighted by molar-refractivity contribution is 7.89. The van der Waals surface area contributed by atoms with Gasteiger partial charge in [-0.25, -0.2) is 22.3 Å². The third-order valence-corrected chi connectivity index (χ3v) is 3.49. The van der Waals surface area contributed by atoms with Gasteiger partial charge in [0.1, 0.15) is 10.7 Å². The molecule has 96 valence electrons.